The summed E-state index contributed by atoms with van der Waals surface area (Å²) in [6.45, 7) is 2.01. The molecule has 0 bridgehead atoms. The highest BCUT2D eigenvalue weighted by molar-refractivity contribution is 5.97. The van der Waals surface area contributed by atoms with Crippen molar-refractivity contribution in [2.24, 2.45) is 0 Å². The molecule has 2 aromatic heterocycles. The Morgan fingerprint density at radius 1 is 0.841 bits per heavy atom. The van der Waals surface area contributed by atoms with Crippen molar-refractivity contribution in [3.8, 4) is 0 Å². The van der Waals surface area contributed by atoms with E-state index in [4.69, 9.17) is 19.9 Å². The Morgan fingerprint density at radius 3 is 2.19 bits per heavy atom. The van der Waals surface area contributed by atoms with Gasteiger partial charge in [0.25, 0.3) is 11.5 Å². The number of aromatic nitrogens is 4. The number of anilines is 2. The molecule has 4 heterocycles. The van der Waals surface area contributed by atoms with Gasteiger partial charge in [-0.15, -0.1) is 0 Å². The minimum Gasteiger partial charge on any atom is -0.480 e. The maximum atomic E-state index is 12.9. The highest BCUT2D eigenvalue weighted by atomic mass is 16.7. The Morgan fingerprint density at radius 2 is 1.51 bits per heavy atom. The normalized spacial score (nSPS) is 24.0. The quantitative estimate of drug-likeness (QED) is 0.0434. The van der Waals surface area contributed by atoms with Gasteiger partial charge in [0.2, 0.25) is 17.8 Å². The number of Topliss-reactive ketones (excluding diaryl/α,β-unsaturated/α-hetero) is 1. The van der Waals surface area contributed by atoms with Gasteiger partial charge in [-0.3, -0.25) is 29.0 Å². The summed E-state index contributed by atoms with van der Waals surface area (Å²) in [5.41, 5.74) is 6.42. The number of ketones is 1. The van der Waals surface area contributed by atoms with Crippen LogP contribution < -0.4 is 32.6 Å². The summed E-state index contributed by atoms with van der Waals surface area (Å²) in [6.07, 6.45) is -5.39. The maximum absolute atomic E-state index is 12.9. The molecule has 5 rings (SSSR count). The Hall–Kier alpha value is -5.73. The first-order chi connectivity index (χ1) is 33.0. The minimum absolute atomic E-state index is 0.0342. The number of hydrogen-bond donors (Lipinski definition) is 12. The smallest absolute Gasteiger partial charge is 0.326 e. The fraction of sp³-hybridized carbons (Fsp3) is 0.622. The van der Waals surface area contributed by atoms with E-state index in [1.54, 1.807) is 12.1 Å². The number of rotatable bonds is 27. The number of aromatic amines is 1. The van der Waals surface area contributed by atoms with E-state index < -0.39 is 78.8 Å². The average molecular weight is 972 g/mol. The predicted octanol–water partition coefficient (Wildman–Crippen LogP) is -0.356. The summed E-state index contributed by atoms with van der Waals surface area (Å²) in [4.78, 5) is 89.3. The van der Waals surface area contributed by atoms with Gasteiger partial charge in [-0.25, -0.2) is 14.8 Å². The lowest BCUT2D eigenvalue weighted by Gasteiger charge is -2.44. The summed E-state index contributed by atoms with van der Waals surface area (Å²) >= 11 is 0. The van der Waals surface area contributed by atoms with Crippen LogP contribution in [0.2, 0.25) is 0 Å². The summed E-state index contributed by atoms with van der Waals surface area (Å²) in [7, 11) is 0. The molecule has 24 nitrogen and oxygen atoms in total. The predicted molar refractivity (Wildman–Crippen MR) is 245 cm³/mol. The van der Waals surface area contributed by atoms with Crippen molar-refractivity contribution in [3.05, 3.63) is 52.1 Å². The van der Waals surface area contributed by atoms with E-state index >= 15 is 0 Å². The van der Waals surface area contributed by atoms with Gasteiger partial charge in [-0.1, -0.05) is 39.0 Å². The molecule has 2 aliphatic rings. The molecule has 2 saturated heterocycles. The average Bonchev–Trinajstić information content (AvgIpc) is 3.32. The molecule has 10 atom stereocenters. The number of carboxylic acid groups (broad SMARTS) is 1. The number of ether oxygens (including phenoxy) is 3. The Balaban J connectivity index is 0.956. The molecule has 1 aromatic carbocycles. The first kappa shape index (κ1) is 54.2. The van der Waals surface area contributed by atoms with Crippen molar-refractivity contribution in [2.75, 3.05) is 24.1 Å². The van der Waals surface area contributed by atoms with Gasteiger partial charge in [0.05, 0.1) is 30.6 Å². The van der Waals surface area contributed by atoms with E-state index in [1.807, 2.05) is 0 Å². The molecule has 0 radical (unpaired) electrons. The molecular formula is C45H65N9O15. The molecule has 3 aromatic rings. The Labute approximate surface area is 397 Å². The first-order valence-corrected chi connectivity index (χ1v) is 23.3. The van der Waals surface area contributed by atoms with Crippen molar-refractivity contribution in [2.45, 2.75) is 165 Å². The van der Waals surface area contributed by atoms with E-state index in [9.17, 15) is 59.4 Å². The number of H-pyrrole nitrogens is 1. The lowest BCUT2D eigenvalue weighted by Crippen LogP contribution is -2.63. The maximum Gasteiger partial charge on any atom is 0.326 e. The van der Waals surface area contributed by atoms with Crippen LogP contribution in [0.3, 0.4) is 0 Å². The molecule has 5 unspecified atom stereocenters. The van der Waals surface area contributed by atoms with Gasteiger partial charge in [0.15, 0.2) is 23.7 Å². The van der Waals surface area contributed by atoms with Crippen LogP contribution in [0.15, 0.2) is 35.3 Å². The number of benzene rings is 1. The number of hydrogen-bond acceptors (Lipinski definition) is 19. The van der Waals surface area contributed by atoms with Gasteiger partial charge >= 0.3 is 5.97 Å². The number of nitrogen functional groups attached to an aromatic ring is 1. The number of carboxylic acids is 1. The van der Waals surface area contributed by atoms with E-state index in [0.29, 0.717) is 43.5 Å². The molecule has 24 heteroatoms. The third kappa shape index (κ3) is 16.7. The van der Waals surface area contributed by atoms with Gasteiger partial charge in [0.1, 0.15) is 42.3 Å². The van der Waals surface area contributed by atoms with E-state index in [1.165, 1.54) is 18.3 Å². The highest BCUT2D eigenvalue weighted by Gasteiger charge is 2.48. The molecule has 380 valence electrons. The van der Waals surface area contributed by atoms with Gasteiger partial charge < -0.3 is 71.9 Å². The molecule has 69 heavy (non-hydrogen) atoms. The fourth-order valence-electron chi connectivity index (χ4n) is 7.78. The zero-order valence-corrected chi connectivity index (χ0v) is 38.5. The van der Waals surface area contributed by atoms with Crippen molar-refractivity contribution >= 4 is 52.3 Å². The summed E-state index contributed by atoms with van der Waals surface area (Å²) in [5.74, 6) is -2.74. The molecular weight excluding hydrogens is 907 g/mol. The van der Waals surface area contributed by atoms with Crippen molar-refractivity contribution in [3.63, 3.8) is 0 Å². The van der Waals surface area contributed by atoms with Crippen LogP contribution in [0.5, 0.6) is 0 Å². The van der Waals surface area contributed by atoms with Crippen molar-refractivity contribution in [1.29, 1.82) is 0 Å². The lowest BCUT2D eigenvalue weighted by molar-refractivity contribution is -0.339. The number of aliphatic hydroxyl groups is 5. The number of aliphatic carboxylic acids is 1. The molecule has 2 aliphatic heterocycles. The van der Waals surface area contributed by atoms with Crippen LogP contribution in [0, 0.1) is 0 Å². The van der Waals surface area contributed by atoms with Crippen molar-refractivity contribution in [1.82, 2.24) is 35.9 Å². The summed E-state index contributed by atoms with van der Waals surface area (Å²) in [6, 6.07) is 4.94. The standard InChI is InChI=1S/C45H65N9O15/c1-2-3-4-8-11-33(58)49-23-31-38(36(60)37(61)43(66)68-31)69-44-35(59)30(56)19-28(67-44)22-48-32(57)12-9-6-5-7-10-27(55)17-18-29(42(64)65)52-40(62)24-13-15-25(16-14-24)47-20-26-21-50-39-34(51-26)41(63)54-45(46)53-39/h13-16,21,28-31,35-38,43-44,47,56,59-61,66H,2-12,17-20,22-23H2,1H3,(H,48,57)(H,49,58)(H,52,62)(H,64,65)(H3,46,50,53,54,63)/t28?,29?,30-,31?,35?,36+,37?,38+,43-,44+/m0/s1. The van der Waals surface area contributed by atoms with E-state index in [2.05, 4.69) is 48.1 Å². The van der Waals surface area contributed by atoms with Crippen LogP contribution in [-0.4, -0.2) is 154 Å². The van der Waals surface area contributed by atoms with Crippen LogP contribution in [0.25, 0.3) is 11.2 Å². The second-order valence-corrected chi connectivity index (χ2v) is 17.3. The number of nitrogens with zero attached hydrogens (tertiary/aromatic N) is 3. The molecule has 0 aliphatic carbocycles. The van der Waals surface area contributed by atoms with Crippen LogP contribution in [-0.2, 0) is 39.9 Å². The number of carbonyl (C=O) groups excluding carboxylic acids is 4. The van der Waals surface area contributed by atoms with Crippen LogP contribution >= 0.6 is 0 Å². The Kier molecular flexibility index (Phi) is 21.1. The molecule has 0 spiro atoms. The second kappa shape index (κ2) is 26.9. The van der Waals surface area contributed by atoms with Crippen molar-refractivity contribution < 1.29 is 68.8 Å². The topological polar surface area (TPSA) is 380 Å². The molecule has 2 fully saturated rings. The number of fused-ring (bicyclic) bond motifs is 1. The number of aliphatic hydroxyl groups excluding tert-OH is 5. The summed E-state index contributed by atoms with van der Waals surface area (Å²) in [5, 5.41) is 73.2. The third-order valence-electron chi connectivity index (χ3n) is 11.8. The molecule has 0 saturated carbocycles. The second-order valence-electron chi connectivity index (χ2n) is 17.3. The number of amides is 3. The minimum atomic E-state index is -1.78. The number of carbonyl (C=O) groups is 5. The highest BCUT2D eigenvalue weighted by Crippen LogP contribution is 2.28. The van der Waals surface area contributed by atoms with Gasteiger partial charge in [-0.05, 0) is 49.9 Å². The third-order valence-corrected chi connectivity index (χ3v) is 11.8. The largest absolute Gasteiger partial charge is 0.480 e. The van der Waals surface area contributed by atoms with Gasteiger partial charge in [0, 0.05) is 56.4 Å². The van der Waals surface area contributed by atoms with Crippen LogP contribution in [0.4, 0.5) is 11.6 Å². The number of nitrogens with one attached hydrogen (secondary N) is 5. The number of unbranched alkanes of at least 4 members (excludes halogenated alkanes) is 6. The molecule has 13 N–H and O–H groups in total. The zero-order chi connectivity index (χ0) is 50.0. The monoisotopic (exact) mass is 971 g/mol. The van der Waals surface area contributed by atoms with E-state index in [-0.39, 0.29) is 98.4 Å². The number of nitrogens with two attached hydrogens (primary N) is 1. The fourth-order valence-corrected chi connectivity index (χ4v) is 7.78. The zero-order valence-electron chi connectivity index (χ0n) is 38.5. The van der Waals surface area contributed by atoms with Gasteiger partial charge in [-0.2, -0.15) is 4.98 Å². The lowest BCUT2D eigenvalue weighted by atomic mass is 9.97. The van der Waals surface area contributed by atoms with Crippen LogP contribution in [0.1, 0.15) is 113 Å². The molecule has 3 amide bonds. The first-order valence-electron chi connectivity index (χ1n) is 23.3. The van der Waals surface area contributed by atoms with E-state index in [0.717, 1.165) is 19.3 Å². The Bertz CT molecular complexity index is 2230. The summed E-state index contributed by atoms with van der Waals surface area (Å²) < 4.78 is 17.1. The SMILES string of the molecule is CCCCCCC(=O)NCC1O[C@H](O)C(O)[C@@H](O)[C@@H]1O[C@H]1OC(CNC(=O)CCCCCCC(=O)CCC(NC(=O)c2ccc(NCc3cnc4nc(N)[nH]c(=O)c4n3)cc2)C(=O)O)C[C@H](O)C1O.